The van der Waals surface area contributed by atoms with Gasteiger partial charge in [0.05, 0.1) is 12.4 Å². The monoisotopic (exact) mass is 341 g/mol. The van der Waals surface area contributed by atoms with E-state index in [4.69, 9.17) is 0 Å². The second-order valence-corrected chi connectivity index (χ2v) is 6.34. The van der Waals surface area contributed by atoms with E-state index < -0.39 is 0 Å². The van der Waals surface area contributed by atoms with Crippen molar-refractivity contribution in [3.63, 3.8) is 0 Å². The maximum Gasteiger partial charge on any atom is 0.273 e. The van der Waals surface area contributed by atoms with Crippen molar-refractivity contribution in [1.82, 2.24) is 24.8 Å². The van der Waals surface area contributed by atoms with Crippen LogP contribution in [-0.2, 0) is 0 Å². The number of rotatable bonds is 3. The first-order valence-electron chi connectivity index (χ1n) is 8.29. The molecule has 0 aromatic carbocycles. The van der Waals surface area contributed by atoms with Crippen molar-refractivity contribution in [2.75, 3.05) is 50.1 Å². The molecule has 0 N–H and O–H groups in total. The molecule has 25 heavy (non-hydrogen) atoms. The second kappa shape index (κ2) is 7.00. The molecule has 0 bridgehead atoms. The molecule has 0 aliphatic carbocycles. The molecule has 3 rings (SSSR count). The number of carbonyl (C=O) groups excluding carboxylic acids is 1. The summed E-state index contributed by atoms with van der Waals surface area (Å²) in [6.07, 6.45) is 4.84. The van der Waals surface area contributed by atoms with Gasteiger partial charge >= 0.3 is 0 Å². The Hall–Kier alpha value is -2.77. The van der Waals surface area contributed by atoms with Crippen molar-refractivity contribution < 1.29 is 4.79 Å². The summed E-state index contributed by atoms with van der Waals surface area (Å²) in [5.41, 5.74) is 2.50. The lowest BCUT2D eigenvalue weighted by Gasteiger charge is -2.36. The lowest BCUT2D eigenvalue weighted by atomic mass is 10.2. The average molecular weight is 341 g/mol. The van der Waals surface area contributed by atoms with Crippen molar-refractivity contribution in [2.24, 2.45) is 0 Å². The first-order chi connectivity index (χ1) is 12.0. The first kappa shape index (κ1) is 17.1. The van der Waals surface area contributed by atoms with E-state index in [1.807, 2.05) is 6.92 Å². The van der Waals surface area contributed by atoms with E-state index in [0.717, 1.165) is 49.1 Å². The fourth-order valence-electron chi connectivity index (χ4n) is 2.83. The largest absolute Gasteiger partial charge is 0.353 e. The lowest BCUT2D eigenvalue weighted by Crippen LogP contribution is -2.47. The molecule has 1 aliphatic rings. The molecule has 0 atom stereocenters. The Labute approximate surface area is 147 Å². The van der Waals surface area contributed by atoms with Gasteiger partial charge in [-0.05, 0) is 13.8 Å². The summed E-state index contributed by atoms with van der Waals surface area (Å²) in [4.78, 5) is 35.3. The molecule has 3 heterocycles. The summed E-state index contributed by atoms with van der Waals surface area (Å²) in [7, 11) is 3.42. The van der Waals surface area contributed by atoms with Gasteiger partial charge in [-0.2, -0.15) is 0 Å². The van der Waals surface area contributed by atoms with Gasteiger partial charge in [0, 0.05) is 51.5 Å². The van der Waals surface area contributed by atoms with E-state index in [1.165, 1.54) is 11.1 Å². The van der Waals surface area contributed by atoms with Gasteiger partial charge in [-0.25, -0.2) is 15.0 Å². The number of hydrogen-bond acceptors (Lipinski definition) is 7. The molecule has 2 aromatic rings. The van der Waals surface area contributed by atoms with Gasteiger partial charge in [0.2, 0.25) is 0 Å². The molecule has 8 heteroatoms. The molecular formula is C17H23N7O. The Morgan fingerprint density at radius 2 is 1.72 bits per heavy atom. The predicted octanol–water partition coefficient (Wildman–Crippen LogP) is 0.912. The molecule has 1 fully saturated rings. The van der Waals surface area contributed by atoms with Crippen LogP contribution in [-0.4, -0.2) is 71.0 Å². The van der Waals surface area contributed by atoms with Crippen molar-refractivity contribution in [3.05, 3.63) is 35.7 Å². The smallest absolute Gasteiger partial charge is 0.273 e. The third kappa shape index (κ3) is 3.52. The van der Waals surface area contributed by atoms with E-state index in [2.05, 4.69) is 36.7 Å². The van der Waals surface area contributed by atoms with E-state index in [-0.39, 0.29) is 5.91 Å². The minimum atomic E-state index is -0.139. The van der Waals surface area contributed by atoms with Gasteiger partial charge in [0.15, 0.2) is 0 Å². The third-order valence-corrected chi connectivity index (χ3v) is 4.46. The minimum Gasteiger partial charge on any atom is -0.353 e. The molecule has 2 aromatic heterocycles. The van der Waals surface area contributed by atoms with Gasteiger partial charge in [0.25, 0.3) is 5.91 Å². The Bertz CT molecular complexity index is 769. The SMILES string of the molecule is Cc1ncnc(N2CCN(c3cncc(C(=O)N(C)C)n3)CC2)c1C. The number of carbonyl (C=O) groups is 1. The van der Waals surface area contributed by atoms with Crippen LogP contribution in [0.3, 0.4) is 0 Å². The fraction of sp³-hybridized carbons (Fsp3) is 0.471. The van der Waals surface area contributed by atoms with Crippen molar-refractivity contribution >= 4 is 17.5 Å². The number of anilines is 2. The van der Waals surface area contributed by atoms with Crippen LogP contribution in [0.4, 0.5) is 11.6 Å². The van der Waals surface area contributed by atoms with Gasteiger partial charge in [0.1, 0.15) is 23.7 Å². The standard InChI is InChI=1S/C17H23N7O/c1-12-13(2)19-11-20-16(12)24-7-5-23(6-8-24)15-10-18-9-14(21-15)17(25)22(3)4/h9-11H,5-8H2,1-4H3. The Morgan fingerprint density at radius 1 is 1.04 bits per heavy atom. The average Bonchev–Trinajstić information content (AvgIpc) is 2.63. The Balaban J connectivity index is 1.71. The van der Waals surface area contributed by atoms with E-state index in [1.54, 1.807) is 26.6 Å². The summed E-state index contributed by atoms with van der Waals surface area (Å²) < 4.78 is 0. The zero-order valence-electron chi connectivity index (χ0n) is 15.1. The minimum absolute atomic E-state index is 0.139. The Kier molecular flexibility index (Phi) is 4.78. The van der Waals surface area contributed by atoms with E-state index in [9.17, 15) is 4.79 Å². The molecule has 132 valence electrons. The number of nitrogens with zero attached hydrogens (tertiary/aromatic N) is 7. The second-order valence-electron chi connectivity index (χ2n) is 6.34. The van der Waals surface area contributed by atoms with Gasteiger partial charge in [-0.3, -0.25) is 9.78 Å². The number of aryl methyl sites for hydroxylation is 1. The maximum atomic E-state index is 12.1. The predicted molar refractivity (Wildman–Crippen MR) is 96.0 cm³/mol. The van der Waals surface area contributed by atoms with Crippen LogP contribution in [0.15, 0.2) is 18.7 Å². The molecular weight excluding hydrogens is 318 g/mol. The fourth-order valence-corrected chi connectivity index (χ4v) is 2.83. The number of hydrogen-bond donors (Lipinski definition) is 0. The summed E-state index contributed by atoms with van der Waals surface area (Å²) in [5, 5.41) is 0. The van der Waals surface area contributed by atoms with Crippen LogP contribution in [0.2, 0.25) is 0 Å². The van der Waals surface area contributed by atoms with Gasteiger partial charge < -0.3 is 14.7 Å². The molecule has 1 amide bonds. The van der Waals surface area contributed by atoms with Crippen LogP contribution in [0.5, 0.6) is 0 Å². The number of amides is 1. The first-order valence-corrected chi connectivity index (χ1v) is 8.29. The van der Waals surface area contributed by atoms with Crippen LogP contribution in [0, 0.1) is 13.8 Å². The highest BCUT2D eigenvalue weighted by molar-refractivity contribution is 5.91. The van der Waals surface area contributed by atoms with Gasteiger partial charge in [-0.1, -0.05) is 0 Å². The quantitative estimate of drug-likeness (QED) is 0.821. The van der Waals surface area contributed by atoms with Crippen molar-refractivity contribution in [3.8, 4) is 0 Å². The number of aromatic nitrogens is 4. The van der Waals surface area contributed by atoms with E-state index in [0.29, 0.717) is 5.69 Å². The van der Waals surface area contributed by atoms with Crippen LogP contribution in [0.1, 0.15) is 21.7 Å². The highest BCUT2D eigenvalue weighted by atomic mass is 16.2. The number of piperazine rings is 1. The summed E-state index contributed by atoms with van der Waals surface area (Å²) in [6.45, 7) is 7.33. The summed E-state index contributed by atoms with van der Waals surface area (Å²) >= 11 is 0. The van der Waals surface area contributed by atoms with Crippen LogP contribution in [0.25, 0.3) is 0 Å². The normalized spacial score (nSPS) is 14.6. The van der Waals surface area contributed by atoms with Crippen LogP contribution >= 0.6 is 0 Å². The molecule has 1 saturated heterocycles. The molecule has 8 nitrogen and oxygen atoms in total. The van der Waals surface area contributed by atoms with Gasteiger partial charge in [-0.15, -0.1) is 0 Å². The summed E-state index contributed by atoms with van der Waals surface area (Å²) in [6, 6.07) is 0. The lowest BCUT2D eigenvalue weighted by molar-refractivity contribution is 0.0821. The molecule has 0 radical (unpaired) electrons. The highest BCUT2D eigenvalue weighted by Gasteiger charge is 2.22. The molecule has 0 unspecified atom stereocenters. The summed E-state index contributed by atoms with van der Waals surface area (Å²) in [5.74, 6) is 1.60. The zero-order valence-corrected chi connectivity index (χ0v) is 15.1. The van der Waals surface area contributed by atoms with E-state index >= 15 is 0 Å². The molecule has 1 aliphatic heterocycles. The van der Waals surface area contributed by atoms with Crippen molar-refractivity contribution in [1.29, 1.82) is 0 Å². The zero-order chi connectivity index (χ0) is 18.0. The Morgan fingerprint density at radius 3 is 2.40 bits per heavy atom. The van der Waals surface area contributed by atoms with Crippen LogP contribution < -0.4 is 9.80 Å². The third-order valence-electron chi connectivity index (χ3n) is 4.46. The maximum absolute atomic E-state index is 12.1. The van der Waals surface area contributed by atoms with Crippen molar-refractivity contribution in [2.45, 2.75) is 13.8 Å². The highest BCUT2D eigenvalue weighted by Crippen LogP contribution is 2.21. The molecule has 0 spiro atoms. The molecule has 0 saturated carbocycles. The topological polar surface area (TPSA) is 78.4 Å².